The average Bonchev–Trinajstić information content (AvgIpc) is 3.19. The topological polar surface area (TPSA) is 49.3 Å². The van der Waals surface area contributed by atoms with Crippen LogP contribution in [0.15, 0.2) is 30.3 Å². The van der Waals surface area contributed by atoms with Gasteiger partial charge in [0.15, 0.2) is 0 Å². The van der Waals surface area contributed by atoms with Crippen molar-refractivity contribution in [1.82, 2.24) is 5.32 Å². The number of rotatable bonds is 5. The average molecular weight is 266 g/mol. The van der Waals surface area contributed by atoms with E-state index in [0.29, 0.717) is 17.5 Å². The molecule has 3 nitrogen and oxygen atoms in total. The summed E-state index contributed by atoms with van der Waals surface area (Å²) in [5.74, 6) is 0.190. The number of amides is 1. The van der Waals surface area contributed by atoms with E-state index in [2.05, 4.69) is 5.32 Å². The zero-order chi connectivity index (χ0) is 13.0. The molecule has 0 aromatic heterocycles. The van der Waals surface area contributed by atoms with Gasteiger partial charge < -0.3 is 10.4 Å². The summed E-state index contributed by atoms with van der Waals surface area (Å²) in [6.07, 6.45) is 4.91. The molecule has 2 rings (SSSR count). The van der Waals surface area contributed by atoms with Gasteiger partial charge in [-0.25, -0.2) is 0 Å². The molecule has 2 N–H and O–H groups in total. The van der Waals surface area contributed by atoms with E-state index < -0.39 is 6.10 Å². The number of nitrogens with one attached hydrogen (secondary N) is 1. The Morgan fingerprint density at radius 3 is 2.72 bits per heavy atom. The molecule has 1 unspecified atom stereocenters. The van der Waals surface area contributed by atoms with E-state index in [0.717, 1.165) is 18.4 Å². The van der Waals surface area contributed by atoms with Crippen LogP contribution < -0.4 is 5.32 Å². The molecule has 1 atom stereocenters. The number of carbonyl (C=O) groups excluding carboxylic acids is 1. The maximum absolute atomic E-state index is 11.5. The van der Waals surface area contributed by atoms with Crippen molar-refractivity contribution in [1.29, 1.82) is 0 Å². The van der Waals surface area contributed by atoms with Crippen molar-refractivity contribution in [2.75, 3.05) is 6.54 Å². The molecule has 18 heavy (non-hydrogen) atoms. The Morgan fingerprint density at radius 1 is 1.44 bits per heavy atom. The zero-order valence-corrected chi connectivity index (χ0v) is 10.7. The standard InChI is InChI=1S/C14H16ClNO2/c15-12-6-1-10(2-7-12)3-8-14(18)16-9-13(17)11-4-5-11/h1-3,6-8,11,13,17H,4-5,9H2,(H,16,18). The Labute approximate surface area is 111 Å². The fourth-order valence-corrected chi connectivity index (χ4v) is 1.78. The van der Waals surface area contributed by atoms with E-state index >= 15 is 0 Å². The van der Waals surface area contributed by atoms with Crippen LogP contribution in [0.3, 0.4) is 0 Å². The van der Waals surface area contributed by atoms with Crippen molar-refractivity contribution in [3.63, 3.8) is 0 Å². The van der Waals surface area contributed by atoms with Gasteiger partial charge in [-0.2, -0.15) is 0 Å². The van der Waals surface area contributed by atoms with Crippen LogP contribution in [0.2, 0.25) is 5.02 Å². The predicted molar refractivity (Wildman–Crippen MR) is 72.2 cm³/mol. The number of aliphatic hydroxyl groups is 1. The number of hydrogen-bond donors (Lipinski definition) is 2. The maximum Gasteiger partial charge on any atom is 0.244 e. The third-order valence-corrected chi connectivity index (χ3v) is 3.20. The van der Waals surface area contributed by atoms with Gasteiger partial charge in [-0.15, -0.1) is 0 Å². The minimum Gasteiger partial charge on any atom is -0.391 e. The Balaban J connectivity index is 1.77. The molecule has 0 heterocycles. The molecule has 0 saturated heterocycles. The fraction of sp³-hybridized carbons (Fsp3) is 0.357. The highest BCUT2D eigenvalue weighted by Gasteiger charge is 2.29. The molecule has 1 fully saturated rings. The van der Waals surface area contributed by atoms with Crippen LogP contribution in [0, 0.1) is 5.92 Å². The van der Waals surface area contributed by atoms with Gasteiger partial charge in [0.25, 0.3) is 0 Å². The van der Waals surface area contributed by atoms with Crippen molar-refractivity contribution in [2.24, 2.45) is 5.92 Å². The smallest absolute Gasteiger partial charge is 0.244 e. The van der Waals surface area contributed by atoms with Crippen LogP contribution in [-0.2, 0) is 4.79 Å². The molecule has 4 heteroatoms. The number of benzene rings is 1. The monoisotopic (exact) mass is 265 g/mol. The molecule has 1 aliphatic carbocycles. The molecule has 1 aliphatic rings. The maximum atomic E-state index is 11.5. The SMILES string of the molecule is O=C(C=Cc1ccc(Cl)cc1)NCC(O)C1CC1. The van der Waals surface area contributed by atoms with E-state index in [1.54, 1.807) is 18.2 Å². The molecule has 0 bridgehead atoms. The van der Waals surface area contributed by atoms with Crippen molar-refractivity contribution in [3.05, 3.63) is 40.9 Å². The number of aliphatic hydroxyl groups excluding tert-OH is 1. The molecular weight excluding hydrogens is 250 g/mol. The lowest BCUT2D eigenvalue weighted by Gasteiger charge is -2.08. The summed E-state index contributed by atoms with van der Waals surface area (Å²) in [5, 5.41) is 13.0. The molecule has 0 aliphatic heterocycles. The molecule has 1 amide bonds. The van der Waals surface area contributed by atoms with Crippen LogP contribution in [0.5, 0.6) is 0 Å². The second kappa shape index (κ2) is 6.03. The van der Waals surface area contributed by atoms with Crippen LogP contribution in [-0.4, -0.2) is 23.7 Å². The highest BCUT2D eigenvalue weighted by molar-refractivity contribution is 6.30. The van der Waals surface area contributed by atoms with Gasteiger partial charge in [0.05, 0.1) is 6.10 Å². The van der Waals surface area contributed by atoms with Gasteiger partial charge >= 0.3 is 0 Å². The van der Waals surface area contributed by atoms with Crippen LogP contribution >= 0.6 is 11.6 Å². The minimum absolute atomic E-state index is 0.190. The van der Waals surface area contributed by atoms with Crippen molar-refractivity contribution < 1.29 is 9.90 Å². The largest absolute Gasteiger partial charge is 0.391 e. The molecule has 96 valence electrons. The summed E-state index contributed by atoms with van der Waals surface area (Å²) in [5.41, 5.74) is 0.914. The van der Waals surface area contributed by atoms with Crippen molar-refractivity contribution in [2.45, 2.75) is 18.9 Å². The van der Waals surface area contributed by atoms with Crippen molar-refractivity contribution >= 4 is 23.6 Å². The summed E-state index contributed by atoms with van der Waals surface area (Å²) in [4.78, 5) is 11.5. The molecular formula is C14H16ClNO2. The highest BCUT2D eigenvalue weighted by atomic mass is 35.5. The molecule has 1 aromatic rings. The Morgan fingerprint density at radius 2 is 2.11 bits per heavy atom. The van der Waals surface area contributed by atoms with Crippen LogP contribution in [0.25, 0.3) is 6.08 Å². The lowest BCUT2D eigenvalue weighted by atomic mass is 10.2. The third-order valence-electron chi connectivity index (χ3n) is 2.95. The van der Waals surface area contributed by atoms with Gasteiger partial charge in [-0.1, -0.05) is 23.7 Å². The van der Waals surface area contributed by atoms with Crippen LogP contribution in [0.4, 0.5) is 0 Å². The van der Waals surface area contributed by atoms with E-state index in [4.69, 9.17) is 11.6 Å². The van der Waals surface area contributed by atoms with Gasteiger partial charge in [0.2, 0.25) is 5.91 Å². The van der Waals surface area contributed by atoms with Gasteiger partial charge in [0, 0.05) is 17.6 Å². The lowest BCUT2D eigenvalue weighted by Crippen LogP contribution is -2.31. The molecule has 1 aromatic carbocycles. The highest BCUT2D eigenvalue weighted by Crippen LogP contribution is 2.32. The van der Waals surface area contributed by atoms with E-state index in [1.165, 1.54) is 6.08 Å². The first-order chi connectivity index (χ1) is 8.65. The van der Waals surface area contributed by atoms with Gasteiger partial charge in [-0.05, 0) is 42.5 Å². The quantitative estimate of drug-likeness (QED) is 0.802. The molecule has 0 spiro atoms. The Bertz CT molecular complexity index is 438. The summed E-state index contributed by atoms with van der Waals surface area (Å²) in [6, 6.07) is 7.22. The van der Waals surface area contributed by atoms with E-state index in [1.807, 2.05) is 12.1 Å². The first-order valence-electron chi connectivity index (χ1n) is 6.04. The molecule has 1 saturated carbocycles. The van der Waals surface area contributed by atoms with Gasteiger partial charge in [-0.3, -0.25) is 4.79 Å². The summed E-state index contributed by atoms with van der Waals surface area (Å²) in [7, 11) is 0. The second-order valence-electron chi connectivity index (χ2n) is 4.53. The number of hydrogen-bond acceptors (Lipinski definition) is 2. The summed E-state index contributed by atoms with van der Waals surface area (Å²) >= 11 is 5.76. The van der Waals surface area contributed by atoms with E-state index in [9.17, 15) is 9.90 Å². The minimum atomic E-state index is -0.405. The Hall–Kier alpha value is -1.32. The number of carbonyl (C=O) groups is 1. The lowest BCUT2D eigenvalue weighted by molar-refractivity contribution is -0.116. The second-order valence-corrected chi connectivity index (χ2v) is 4.97. The summed E-state index contributed by atoms with van der Waals surface area (Å²) < 4.78 is 0. The normalized spacial score (nSPS) is 16.8. The van der Waals surface area contributed by atoms with Crippen molar-refractivity contribution in [3.8, 4) is 0 Å². The third kappa shape index (κ3) is 4.17. The van der Waals surface area contributed by atoms with Crippen LogP contribution in [0.1, 0.15) is 18.4 Å². The molecule has 0 radical (unpaired) electrons. The van der Waals surface area contributed by atoms with E-state index in [-0.39, 0.29) is 5.91 Å². The first-order valence-corrected chi connectivity index (χ1v) is 6.42. The summed E-state index contributed by atoms with van der Waals surface area (Å²) in [6.45, 7) is 0.328. The number of halogens is 1. The first kappa shape index (κ1) is 13.1. The fourth-order valence-electron chi connectivity index (χ4n) is 1.66. The zero-order valence-electron chi connectivity index (χ0n) is 9.97. The van der Waals surface area contributed by atoms with Gasteiger partial charge in [0.1, 0.15) is 0 Å². The predicted octanol–water partition coefficient (Wildman–Crippen LogP) is 2.24. The Kier molecular flexibility index (Phi) is 4.39.